The lowest BCUT2D eigenvalue weighted by Crippen LogP contribution is -2.49. The summed E-state index contributed by atoms with van der Waals surface area (Å²) in [5, 5.41) is 17.6. The van der Waals surface area contributed by atoms with Crippen molar-refractivity contribution in [2.75, 3.05) is 6.54 Å². The second kappa shape index (κ2) is 6.43. The van der Waals surface area contributed by atoms with Gasteiger partial charge in [-0.1, -0.05) is 11.6 Å². The van der Waals surface area contributed by atoms with Gasteiger partial charge in [0.25, 0.3) is 5.91 Å². The number of hydrogen-bond donors (Lipinski definition) is 1. The number of carbonyl (C=O) groups is 2. The first-order valence-corrected chi connectivity index (χ1v) is 8.00. The SMILES string of the molecule is Cc1ccc(-n2nccn2)c(C(=O)N2CCC[C@@H](C(=O)O)[C@@H]2C)c1. The molecule has 0 unspecified atom stereocenters. The van der Waals surface area contributed by atoms with Crippen LogP contribution in [0.3, 0.4) is 0 Å². The zero-order valence-electron chi connectivity index (χ0n) is 13.7. The second-order valence-electron chi connectivity index (χ2n) is 6.17. The maximum atomic E-state index is 13.1. The summed E-state index contributed by atoms with van der Waals surface area (Å²) in [4.78, 5) is 27.6. The smallest absolute Gasteiger partial charge is 0.308 e. The van der Waals surface area contributed by atoms with Crippen LogP contribution in [0.25, 0.3) is 5.69 Å². The number of carboxylic acid groups (broad SMARTS) is 1. The lowest BCUT2D eigenvalue weighted by molar-refractivity contribution is -0.144. The minimum atomic E-state index is -0.849. The first kappa shape index (κ1) is 16.2. The third kappa shape index (κ3) is 2.89. The number of amides is 1. The molecule has 0 saturated carbocycles. The number of carbonyl (C=O) groups excluding carboxylic acids is 1. The lowest BCUT2D eigenvalue weighted by Gasteiger charge is -2.37. The van der Waals surface area contributed by atoms with Gasteiger partial charge in [-0.15, -0.1) is 0 Å². The number of likely N-dealkylation sites (tertiary alicyclic amines) is 1. The zero-order valence-corrected chi connectivity index (χ0v) is 13.7. The van der Waals surface area contributed by atoms with E-state index in [1.54, 1.807) is 30.3 Å². The van der Waals surface area contributed by atoms with Crippen molar-refractivity contribution in [3.63, 3.8) is 0 Å². The van der Waals surface area contributed by atoms with Gasteiger partial charge in [0.15, 0.2) is 0 Å². The normalized spacial score (nSPS) is 20.8. The first-order chi connectivity index (χ1) is 11.5. The van der Waals surface area contributed by atoms with E-state index < -0.39 is 11.9 Å². The van der Waals surface area contributed by atoms with Crippen LogP contribution in [0.4, 0.5) is 0 Å². The van der Waals surface area contributed by atoms with E-state index in [0.717, 1.165) is 5.56 Å². The third-order valence-corrected chi connectivity index (χ3v) is 4.58. The Kier molecular flexibility index (Phi) is 4.33. The minimum absolute atomic E-state index is 0.176. The summed E-state index contributed by atoms with van der Waals surface area (Å²) in [6.45, 7) is 4.28. The van der Waals surface area contributed by atoms with Gasteiger partial charge in [-0.3, -0.25) is 9.59 Å². The Morgan fingerprint density at radius 2 is 1.96 bits per heavy atom. The highest BCUT2D eigenvalue weighted by atomic mass is 16.4. The van der Waals surface area contributed by atoms with Crippen LogP contribution in [0.2, 0.25) is 0 Å². The monoisotopic (exact) mass is 328 g/mol. The van der Waals surface area contributed by atoms with E-state index in [1.165, 1.54) is 4.80 Å². The van der Waals surface area contributed by atoms with Gasteiger partial charge in [0.05, 0.1) is 29.6 Å². The van der Waals surface area contributed by atoms with Gasteiger partial charge in [-0.2, -0.15) is 15.0 Å². The summed E-state index contributed by atoms with van der Waals surface area (Å²) in [6, 6.07) is 5.17. The van der Waals surface area contributed by atoms with Crippen molar-refractivity contribution >= 4 is 11.9 Å². The predicted molar refractivity (Wildman–Crippen MR) is 87.0 cm³/mol. The molecule has 3 rings (SSSR count). The average molecular weight is 328 g/mol. The van der Waals surface area contributed by atoms with Crippen LogP contribution in [0.1, 0.15) is 35.7 Å². The fraction of sp³-hybridized carbons (Fsp3) is 0.412. The highest BCUT2D eigenvalue weighted by Gasteiger charge is 2.36. The van der Waals surface area contributed by atoms with Gasteiger partial charge in [0, 0.05) is 12.6 Å². The maximum absolute atomic E-state index is 13.1. The zero-order chi connectivity index (χ0) is 17.3. The molecule has 0 radical (unpaired) electrons. The molecule has 1 aromatic heterocycles. The molecule has 0 aliphatic carbocycles. The third-order valence-electron chi connectivity index (χ3n) is 4.58. The molecule has 0 spiro atoms. The molecule has 1 aliphatic heterocycles. The van der Waals surface area contributed by atoms with Gasteiger partial charge in [-0.25, -0.2) is 0 Å². The number of carboxylic acids is 1. The van der Waals surface area contributed by atoms with Crippen molar-refractivity contribution in [3.8, 4) is 5.69 Å². The van der Waals surface area contributed by atoms with Crippen LogP contribution in [0.15, 0.2) is 30.6 Å². The van der Waals surface area contributed by atoms with Crippen LogP contribution in [0, 0.1) is 12.8 Å². The summed E-state index contributed by atoms with van der Waals surface area (Å²) in [6.07, 6.45) is 4.39. The van der Waals surface area contributed by atoms with E-state index >= 15 is 0 Å². The summed E-state index contributed by atoms with van der Waals surface area (Å²) in [5.41, 5.74) is 2.04. The molecule has 126 valence electrons. The second-order valence-corrected chi connectivity index (χ2v) is 6.17. The number of piperidine rings is 1. The van der Waals surface area contributed by atoms with Gasteiger partial charge >= 0.3 is 5.97 Å². The summed E-state index contributed by atoms with van der Waals surface area (Å²) < 4.78 is 0. The van der Waals surface area contributed by atoms with E-state index in [4.69, 9.17) is 0 Å². The molecule has 1 N–H and O–H groups in total. The number of hydrogen-bond acceptors (Lipinski definition) is 4. The predicted octanol–water partition coefficient (Wildman–Crippen LogP) is 1.90. The van der Waals surface area contributed by atoms with Crippen molar-refractivity contribution in [2.24, 2.45) is 5.92 Å². The van der Waals surface area contributed by atoms with Crippen molar-refractivity contribution in [3.05, 3.63) is 41.7 Å². The summed E-state index contributed by atoms with van der Waals surface area (Å²) in [7, 11) is 0. The number of aromatic nitrogens is 3. The molecule has 1 amide bonds. The Hall–Kier alpha value is -2.70. The van der Waals surface area contributed by atoms with Crippen molar-refractivity contribution in [1.29, 1.82) is 0 Å². The minimum Gasteiger partial charge on any atom is -0.481 e. The summed E-state index contributed by atoms with van der Waals surface area (Å²) >= 11 is 0. The number of aliphatic carboxylic acids is 1. The number of nitrogens with zero attached hydrogens (tertiary/aromatic N) is 4. The molecule has 1 aromatic carbocycles. The number of rotatable bonds is 3. The Bertz CT molecular complexity index is 757. The maximum Gasteiger partial charge on any atom is 0.308 e. The molecule has 2 atom stereocenters. The van der Waals surface area contributed by atoms with Crippen LogP contribution < -0.4 is 0 Å². The van der Waals surface area contributed by atoms with Crippen LogP contribution >= 0.6 is 0 Å². The highest BCUT2D eigenvalue weighted by Crippen LogP contribution is 2.27. The lowest BCUT2D eigenvalue weighted by atomic mass is 9.89. The molecule has 1 fully saturated rings. The first-order valence-electron chi connectivity index (χ1n) is 8.00. The van der Waals surface area contributed by atoms with Gasteiger partial charge in [0.1, 0.15) is 0 Å². The number of benzene rings is 1. The molecular formula is C17H20N4O3. The van der Waals surface area contributed by atoms with E-state index in [1.807, 2.05) is 19.1 Å². The Balaban J connectivity index is 1.98. The molecule has 7 nitrogen and oxygen atoms in total. The van der Waals surface area contributed by atoms with E-state index in [9.17, 15) is 14.7 Å². The van der Waals surface area contributed by atoms with Crippen LogP contribution in [-0.2, 0) is 4.79 Å². The van der Waals surface area contributed by atoms with Crippen LogP contribution in [-0.4, -0.2) is 49.5 Å². The Morgan fingerprint density at radius 3 is 2.62 bits per heavy atom. The average Bonchev–Trinajstić information content (AvgIpc) is 3.08. The fourth-order valence-electron chi connectivity index (χ4n) is 3.25. The van der Waals surface area contributed by atoms with Gasteiger partial charge in [0.2, 0.25) is 0 Å². The number of aryl methyl sites for hydroxylation is 1. The topological polar surface area (TPSA) is 88.3 Å². The Labute approximate surface area is 139 Å². The fourth-order valence-corrected chi connectivity index (χ4v) is 3.25. The molecule has 2 aromatic rings. The van der Waals surface area contributed by atoms with Gasteiger partial charge in [-0.05, 0) is 38.8 Å². The largest absolute Gasteiger partial charge is 0.481 e. The molecular weight excluding hydrogens is 308 g/mol. The molecule has 1 aliphatic rings. The van der Waals surface area contributed by atoms with Gasteiger partial charge < -0.3 is 10.0 Å². The van der Waals surface area contributed by atoms with Crippen molar-refractivity contribution in [1.82, 2.24) is 19.9 Å². The highest BCUT2D eigenvalue weighted by molar-refractivity contribution is 5.98. The molecule has 24 heavy (non-hydrogen) atoms. The Morgan fingerprint density at radius 1 is 1.25 bits per heavy atom. The molecule has 7 heteroatoms. The summed E-state index contributed by atoms with van der Waals surface area (Å²) in [5.74, 6) is -1.55. The quantitative estimate of drug-likeness (QED) is 0.929. The van der Waals surface area contributed by atoms with Crippen LogP contribution in [0.5, 0.6) is 0 Å². The van der Waals surface area contributed by atoms with E-state index in [0.29, 0.717) is 30.6 Å². The molecule has 1 saturated heterocycles. The molecule has 2 heterocycles. The van der Waals surface area contributed by atoms with Crippen molar-refractivity contribution in [2.45, 2.75) is 32.7 Å². The molecule has 0 bridgehead atoms. The van der Waals surface area contributed by atoms with E-state index in [2.05, 4.69) is 10.2 Å². The standard InChI is InChI=1S/C17H20N4O3/c1-11-5-6-15(21-18-7-8-19-21)14(10-11)16(22)20-9-3-4-13(12(20)2)17(23)24/h5-8,10,12-13H,3-4,9H2,1-2H3,(H,23,24)/t12-,13+/m0/s1. The van der Waals surface area contributed by atoms with Crippen molar-refractivity contribution < 1.29 is 14.7 Å². The van der Waals surface area contributed by atoms with E-state index in [-0.39, 0.29) is 11.9 Å².